The SMILES string of the molecule is Cc1csc(-n2nc(-c3ccccc3)c3oc4ccccc4c32)n1. The van der Waals surface area contributed by atoms with Crippen LogP contribution in [0.2, 0.25) is 0 Å². The summed E-state index contributed by atoms with van der Waals surface area (Å²) < 4.78 is 8.04. The third-order valence-corrected chi connectivity index (χ3v) is 4.97. The van der Waals surface area contributed by atoms with Gasteiger partial charge in [-0.15, -0.1) is 11.3 Å². The van der Waals surface area contributed by atoms with Crippen molar-refractivity contribution in [3.8, 4) is 16.4 Å². The number of aromatic nitrogens is 3. The Morgan fingerprint density at radius 2 is 1.79 bits per heavy atom. The molecule has 0 spiro atoms. The number of nitrogens with zero attached hydrogens (tertiary/aromatic N) is 3. The van der Waals surface area contributed by atoms with Gasteiger partial charge in [0.05, 0.1) is 5.69 Å². The zero-order valence-electron chi connectivity index (χ0n) is 12.9. The Kier molecular flexibility index (Phi) is 2.84. The molecule has 0 aliphatic heterocycles. The van der Waals surface area contributed by atoms with E-state index in [1.54, 1.807) is 11.3 Å². The lowest BCUT2D eigenvalue weighted by Crippen LogP contribution is -1.96. The molecule has 5 rings (SSSR count). The molecule has 0 N–H and O–H groups in total. The van der Waals surface area contributed by atoms with E-state index in [1.165, 1.54) is 0 Å². The van der Waals surface area contributed by atoms with Crippen molar-refractivity contribution < 1.29 is 4.42 Å². The monoisotopic (exact) mass is 331 g/mol. The first-order valence-electron chi connectivity index (χ1n) is 7.69. The maximum absolute atomic E-state index is 6.14. The molecule has 0 bridgehead atoms. The van der Waals surface area contributed by atoms with Crippen molar-refractivity contribution >= 4 is 33.4 Å². The second-order valence-corrected chi connectivity index (χ2v) is 6.51. The van der Waals surface area contributed by atoms with Crippen LogP contribution in [0.25, 0.3) is 38.5 Å². The second-order valence-electron chi connectivity index (χ2n) is 5.67. The topological polar surface area (TPSA) is 43.9 Å². The van der Waals surface area contributed by atoms with Crippen LogP contribution >= 0.6 is 11.3 Å². The highest BCUT2D eigenvalue weighted by molar-refractivity contribution is 7.12. The van der Waals surface area contributed by atoms with Crippen LogP contribution in [-0.2, 0) is 0 Å². The first-order valence-corrected chi connectivity index (χ1v) is 8.57. The van der Waals surface area contributed by atoms with Gasteiger partial charge in [0.25, 0.3) is 0 Å². The van der Waals surface area contributed by atoms with E-state index in [9.17, 15) is 0 Å². The molecule has 0 atom stereocenters. The summed E-state index contributed by atoms with van der Waals surface area (Å²) in [5.41, 5.74) is 5.51. The quantitative estimate of drug-likeness (QED) is 0.446. The normalized spacial score (nSPS) is 11.5. The standard InChI is InChI=1S/C19H13N3OS/c1-12-11-24-19(20-12)22-17-14-9-5-6-10-15(14)23-18(17)16(21-22)13-7-3-2-4-8-13/h2-11H,1H3. The fraction of sp³-hybridized carbons (Fsp3) is 0.0526. The molecule has 3 aromatic heterocycles. The number of hydrogen-bond donors (Lipinski definition) is 0. The second kappa shape index (κ2) is 5.04. The van der Waals surface area contributed by atoms with Gasteiger partial charge < -0.3 is 4.42 Å². The molecule has 4 nitrogen and oxygen atoms in total. The van der Waals surface area contributed by atoms with E-state index in [0.29, 0.717) is 0 Å². The molecule has 116 valence electrons. The predicted octanol–water partition coefficient (Wildman–Crippen LogP) is 5.20. The van der Waals surface area contributed by atoms with Gasteiger partial charge in [-0.3, -0.25) is 0 Å². The van der Waals surface area contributed by atoms with E-state index in [0.717, 1.165) is 44.2 Å². The lowest BCUT2D eigenvalue weighted by atomic mass is 10.1. The van der Waals surface area contributed by atoms with Crippen molar-refractivity contribution in [2.45, 2.75) is 6.92 Å². The van der Waals surface area contributed by atoms with Crippen LogP contribution in [0.1, 0.15) is 5.69 Å². The highest BCUT2D eigenvalue weighted by Crippen LogP contribution is 2.37. The molecule has 5 heteroatoms. The van der Waals surface area contributed by atoms with Gasteiger partial charge in [0.1, 0.15) is 16.8 Å². The molecule has 0 unspecified atom stereocenters. The summed E-state index contributed by atoms with van der Waals surface area (Å²) in [4.78, 5) is 4.60. The van der Waals surface area contributed by atoms with Crippen molar-refractivity contribution in [2.24, 2.45) is 0 Å². The number of furan rings is 1. The molecule has 5 aromatic rings. The van der Waals surface area contributed by atoms with E-state index < -0.39 is 0 Å². The minimum atomic E-state index is 0.801. The minimum absolute atomic E-state index is 0.801. The lowest BCUT2D eigenvalue weighted by molar-refractivity contribution is 0.670. The van der Waals surface area contributed by atoms with Gasteiger partial charge in [-0.2, -0.15) is 5.10 Å². The Morgan fingerprint density at radius 3 is 2.58 bits per heavy atom. The number of para-hydroxylation sites is 1. The van der Waals surface area contributed by atoms with Crippen molar-refractivity contribution in [2.75, 3.05) is 0 Å². The fourth-order valence-electron chi connectivity index (χ4n) is 2.96. The number of benzene rings is 2. The molecule has 2 aromatic carbocycles. The number of fused-ring (bicyclic) bond motifs is 3. The molecular formula is C19H13N3OS. The molecule has 0 fully saturated rings. The molecule has 3 heterocycles. The molecule has 0 radical (unpaired) electrons. The molecule has 0 amide bonds. The maximum Gasteiger partial charge on any atom is 0.211 e. The predicted molar refractivity (Wildman–Crippen MR) is 96.7 cm³/mol. The Morgan fingerprint density at radius 1 is 1.00 bits per heavy atom. The zero-order valence-corrected chi connectivity index (χ0v) is 13.7. The lowest BCUT2D eigenvalue weighted by Gasteiger charge is -1.98. The zero-order chi connectivity index (χ0) is 16.1. The van der Waals surface area contributed by atoms with Crippen molar-refractivity contribution in [3.05, 3.63) is 65.7 Å². The summed E-state index contributed by atoms with van der Waals surface area (Å²) in [6.07, 6.45) is 0. The molecule has 0 saturated carbocycles. The first kappa shape index (κ1) is 13.5. The smallest absolute Gasteiger partial charge is 0.211 e. The molecular weight excluding hydrogens is 318 g/mol. The van der Waals surface area contributed by atoms with Crippen molar-refractivity contribution in [1.82, 2.24) is 14.8 Å². The Bertz CT molecular complexity index is 1170. The largest absolute Gasteiger partial charge is 0.452 e. The van der Waals surface area contributed by atoms with Gasteiger partial charge >= 0.3 is 0 Å². The fourth-order valence-corrected chi connectivity index (χ4v) is 3.72. The Labute approximate surface area is 142 Å². The minimum Gasteiger partial charge on any atom is -0.452 e. The third kappa shape index (κ3) is 1.91. The van der Waals surface area contributed by atoms with Gasteiger partial charge in [-0.1, -0.05) is 42.5 Å². The Hall–Kier alpha value is -2.92. The highest BCUT2D eigenvalue weighted by Gasteiger charge is 2.21. The maximum atomic E-state index is 6.14. The molecule has 0 saturated heterocycles. The third-order valence-electron chi connectivity index (χ3n) is 4.03. The van der Waals surface area contributed by atoms with Gasteiger partial charge in [-0.05, 0) is 19.1 Å². The highest BCUT2D eigenvalue weighted by atomic mass is 32.1. The molecule has 24 heavy (non-hydrogen) atoms. The summed E-state index contributed by atoms with van der Waals surface area (Å²) in [6, 6.07) is 18.2. The van der Waals surface area contributed by atoms with Crippen LogP contribution in [0.15, 0.2) is 64.4 Å². The van der Waals surface area contributed by atoms with E-state index in [-0.39, 0.29) is 0 Å². The number of aryl methyl sites for hydroxylation is 1. The number of thiazole rings is 1. The van der Waals surface area contributed by atoms with Gasteiger partial charge in [-0.25, -0.2) is 9.67 Å². The van der Waals surface area contributed by atoms with Crippen LogP contribution in [0.5, 0.6) is 0 Å². The van der Waals surface area contributed by atoms with Gasteiger partial charge in [0.15, 0.2) is 5.58 Å². The van der Waals surface area contributed by atoms with Crippen molar-refractivity contribution in [3.63, 3.8) is 0 Å². The van der Waals surface area contributed by atoms with Gasteiger partial charge in [0.2, 0.25) is 5.13 Å². The van der Waals surface area contributed by atoms with Gasteiger partial charge in [0, 0.05) is 16.3 Å². The summed E-state index contributed by atoms with van der Waals surface area (Å²) >= 11 is 1.59. The van der Waals surface area contributed by atoms with E-state index in [2.05, 4.69) is 11.1 Å². The summed E-state index contributed by atoms with van der Waals surface area (Å²) in [5, 5.41) is 8.76. The molecule has 0 aliphatic carbocycles. The van der Waals surface area contributed by atoms with Crippen LogP contribution in [0, 0.1) is 6.92 Å². The molecule has 0 aliphatic rings. The van der Waals surface area contributed by atoms with E-state index in [1.807, 2.05) is 65.5 Å². The first-order chi connectivity index (χ1) is 11.8. The average molecular weight is 331 g/mol. The van der Waals surface area contributed by atoms with E-state index in [4.69, 9.17) is 9.52 Å². The van der Waals surface area contributed by atoms with Crippen molar-refractivity contribution in [1.29, 1.82) is 0 Å². The van der Waals surface area contributed by atoms with E-state index >= 15 is 0 Å². The van der Waals surface area contributed by atoms with Crippen LogP contribution in [-0.4, -0.2) is 14.8 Å². The summed E-state index contributed by atoms with van der Waals surface area (Å²) in [5.74, 6) is 0. The van der Waals surface area contributed by atoms with Crippen LogP contribution in [0.4, 0.5) is 0 Å². The number of rotatable bonds is 2. The van der Waals surface area contributed by atoms with Crippen LogP contribution < -0.4 is 0 Å². The number of hydrogen-bond acceptors (Lipinski definition) is 4. The summed E-state index contributed by atoms with van der Waals surface area (Å²) in [6.45, 7) is 1.99. The Balaban J connectivity index is 1.91. The van der Waals surface area contributed by atoms with Crippen LogP contribution in [0.3, 0.4) is 0 Å². The summed E-state index contributed by atoms with van der Waals surface area (Å²) in [7, 11) is 0. The average Bonchev–Trinajstić information content (AvgIpc) is 3.29.